The Kier molecular flexibility index (Phi) is 6.37. The SMILES string of the molecule is [O]CCCCc1ccccc1C(Cl)(Cl)C(Cl)(Cl)Cl. The number of alkyl halides is 5. The molecule has 0 fully saturated rings. The van der Waals surface area contributed by atoms with Gasteiger partial charge in [0.05, 0.1) is 6.61 Å². The molecule has 0 unspecified atom stereocenters. The minimum Gasteiger partial charge on any atom is -0.237 e. The van der Waals surface area contributed by atoms with Crippen LogP contribution in [0.4, 0.5) is 0 Å². The fourth-order valence-corrected chi connectivity index (χ4v) is 2.29. The van der Waals surface area contributed by atoms with Gasteiger partial charge in [0.25, 0.3) is 0 Å². The number of hydrogen-bond donors (Lipinski definition) is 0. The Balaban J connectivity index is 3.01. The average Bonchev–Trinajstić information content (AvgIpc) is 2.28. The zero-order valence-corrected chi connectivity index (χ0v) is 13.2. The summed E-state index contributed by atoms with van der Waals surface area (Å²) < 4.78 is -3.45. The fourth-order valence-electron chi connectivity index (χ4n) is 1.61. The van der Waals surface area contributed by atoms with E-state index in [1.54, 1.807) is 12.1 Å². The van der Waals surface area contributed by atoms with Gasteiger partial charge in [-0.3, -0.25) is 0 Å². The van der Waals surface area contributed by atoms with Gasteiger partial charge in [-0.05, 0) is 30.4 Å². The van der Waals surface area contributed by atoms with Gasteiger partial charge in [0, 0.05) is 0 Å². The summed E-state index contributed by atoms with van der Waals surface area (Å²) in [5.74, 6) is 0. The maximum Gasteiger partial charge on any atom is 0.227 e. The number of aryl methyl sites for hydroxylation is 1. The first-order valence-corrected chi connectivity index (χ1v) is 7.30. The molecule has 18 heavy (non-hydrogen) atoms. The second-order valence-corrected chi connectivity index (χ2v) is 7.50. The lowest BCUT2D eigenvalue weighted by atomic mass is 9.99. The monoisotopic (exact) mass is 347 g/mol. The van der Waals surface area contributed by atoms with E-state index >= 15 is 0 Å². The Hall–Kier alpha value is 0.630. The number of rotatable bonds is 5. The largest absolute Gasteiger partial charge is 0.237 e. The summed E-state index contributed by atoms with van der Waals surface area (Å²) in [6.45, 7) is -0.0977. The smallest absolute Gasteiger partial charge is 0.227 e. The Morgan fingerprint density at radius 2 is 1.56 bits per heavy atom. The third kappa shape index (κ3) is 4.06. The minimum atomic E-state index is -1.83. The van der Waals surface area contributed by atoms with Crippen molar-refractivity contribution in [2.45, 2.75) is 27.4 Å². The van der Waals surface area contributed by atoms with Crippen molar-refractivity contribution in [3.05, 3.63) is 35.4 Å². The van der Waals surface area contributed by atoms with Crippen molar-refractivity contribution in [2.75, 3.05) is 6.61 Å². The third-order valence-corrected chi connectivity index (χ3v) is 4.96. The van der Waals surface area contributed by atoms with Crippen molar-refractivity contribution in [3.63, 3.8) is 0 Å². The molecule has 0 bridgehead atoms. The van der Waals surface area contributed by atoms with Gasteiger partial charge < -0.3 is 0 Å². The van der Waals surface area contributed by atoms with E-state index in [-0.39, 0.29) is 6.61 Å². The molecule has 6 heteroatoms. The highest BCUT2D eigenvalue weighted by atomic mass is 35.6. The summed E-state index contributed by atoms with van der Waals surface area (Å²) >= 11 is 29.8. The number of halogens is 5. The van der Waals surface area contributed by atoms with Gasteiger partial charge in [-0.15, -0.1) is 0 Å². The number of hydrogen-bond acceptors (Lipinski definition) is 0. The Morgan fingerprint density at radius 1 is 0.944 bits per heavy atom. The molecule has 0 aliphatic heterocycles. The Labute approximate surface area is 132 Å². The molecule has 0 atom stereocenters. The van der Waals surface area contributed by atoms with Crippen molar-refractivity contribution >= 4 is 58.0 Å². The Bertz CT molecular complexity index is 386. The van der Waals surface area contributed by atoms with Crippen molar-refractivity contribution in [3.8, 4) is 0 Å². The van der Waals surface area contributed by atoms with E-state index in [4.69, 9.17) is 58.0 Å². The van der Waals surface area contributed by atoms with Crippen molar-refractivity contribution in [1.29, 1.82) is 0 Å². The summed E-state index contributed by atoms with van der Waals surface area (Å²) in [6.07, 6.45) is 2.03. The van der Waals surface area contributed by atoms with Crippen molar-refractivity contribution in [2.24, 2.45) is 0 Å². The van der Waals surface area contributed by atoms with E-state index in [1.165, 1.54) is 0 Å². The second kappa shape index (κ2) is 6.88. The van der Waals surface area contributed by atoms with Crippen LogP contribution in [-0.4, -0.2) is 10.4 Å². The molecule has 0 amide bonds. The maximum absolute atomic E-state index is 10.4. The quantitative estimate of drug-likeness (QED) is 0.498. The van der Waals surface area contributed by atoms with Gasteiger partial charge in [0.15, 0.2) is 4.33 Å². The third-order valence-electron chi connectivity index (χ3n) is 2.55. The van der Waals surface area contributed by atoms with Gasteiger partial charge in [-0.2, -0.15) is 0 Å². The first-order valence-electron chi connectivity index (χ1n) is 5.41. The predicted molar refractivity (Wildman–Crippen MR) is 78.6 cm³/mol. The van der Waals surface area contributed by atoms with E-state index in [1.807, 2.05) is 12.1 Å². The molecular formula is C12H12Cl5O. The summed E-state index contributed by atoms with van der Waals surface area (Å²) in [5.41, 5.74) is 1.46. The van der Waals surface area contributed by atoms with Gasteiger partial charge in [-0.1, -0.05) is 82.3 Å². The molecule has 1 radical (unpaired) electrons. The van der Waals surface area contributed by atoms with Crippen LogP contribution >= 0.6 is 58.0 Å². The Morgan fingerprint density at radius 3 is 2.11 bits per heavy atom. The normalized spacial score (nSPS) is 12.8. The summed E-state index contributed by atoms with van der Waals surface area (Å²) in [6, 6.07) is 7.24. The molecule has 1 aromatic rings. The molecule has 0 saturated heterocycles. The lowest BCUT2D eigenvalue weighted by Crippen LogP contribution is -2.29. The standard InChI is InChI=1S/C12H12Cl5O/c13-11(14,12(15,16)17)10-7-2-1-5-9(10)6-3-4-8-18/h1-2,5,7H,3-4,6,8H2. The molecule has 0 heterocycles. The van der Waals surface area contributed by atoms with Gasteiger partial charge in [0.2, 0.25) is 3.79 Å². The van der Waals surface area contributed by atoms with E-state index < -0.39 is 8.13 Å². The molecule has 0 aromatic heterocycles. The van der Waals surface area contributed by atoms with Crippen LogP contribution in [0.5, 0.6) is 0 Å². The predicted octanol–water partition coefficient (Wildman–Crippen LogP) is 5.44. The van der Waals surface area contributed by atoms with Crippen LogP contribution in [0.1, 0.15) is 24.0 Å². The zero-order chi connectivity index (χ0) is 13.8. The van der Waals surface area contributed by atoms with Crippen molar-refractivity contribution in [1.82, 2.24) is 0 Å². The van der Waals surface area contributed by atoms with Crippen molar-refractivity contribution < 1.29 is 5.11 Å². The highest BCUT2D eigenvalue weighted by molar-refractivity contribution is 6.75. The van der Waals surface area contributed by atoms with Crippen LogP contribution in [0.2, 0.25) is 0 Å². The molecule has 1 nitrogen and oxygen atoms in total. The summed E-state index contributed by atoms with van der Waals surface area (Å²) in [4.78, 5) is 0. The molecule has 0 N–H and O–H groups in total. The van der Waals surface area contributed by atoms with Crippen LogP contribution in [-0.2, 0) is 15.9 Å². The molecular weight excluding hydrogens is 337 g/mol. The van der Waals surface area contributed by atoms with E-state index in [0.29, 0.717) is 18.4 Å². The van der Waals surface area contributed by atoms with E-state index in [2.05, 4.69) is 0 Å². The highest BCUT2D eigenvalue weighted by Gasteiger charge is 2.48. The lowest BCUT2D eigenvalue weighted by Gasteiger charge is -2.29. The summed E-state index contributed by atoms with van der Waals surface area (Å²) in [5, 5.41) is 10.4. The molecule has 0 aliphatic rings. The molecule has 1 aromatic carbocycles. The van der Waals surface area contributed by atoms with Crippen LogP contribution in [0.25, 0.3) is 0 Å². The molecule has 0 spiro atoms. The fraction of sp³-hybridized carbons (Fsp3) is 0.500. The molecule has 101 valence electrons. The van der Waals surface area contributed by atoms with Crippen LogP contribution in [0.3, 0.4) is 0 Å². The van der Waals surface area contributed by atoms with Crippen LogP contribution < -0.4 is 0 Å². The first-order chi connectivity index (χ1) is 8.30. The molecule has 1 rings (SSSR count). The zero-order valence-electron chi connectivity index (χ0n) is 9.44. The van der Waals surface area contributed by atoms with Gasteiger partial charge in [-0.25, -0.2) is 5.11 Å². The van der Waals surface area contributed by atoms with Crippen LogP contribution in [0, 0.1) is 0 Å². The first kappa shape index (κ1) is 16.7. The average molecular weight is 349 g/mol. The minimum absolute atomic E-state index is 0.0977. The van der Waals surface area contributed by atoms with Gasteiger partial charge in [0.1, 0.15) is 0 Å². The molecule has 0 saturated carbocycles. The lowest BCUT2D eigenvalue weighted by molar-refractivity contribution is 0.187. The number of unbranched alkanes of at least 4 members (excludes halogenated alkanes) is 1. The maximum atomic E-state index is 10.4. The van der Waals surface area contributed by atoms with E-state index in [9.17, 15) is 5.11 Å². The second-order valence-electron chi connectivity index (χ2n) is 3.89. The van der Waals surface area contributed by atoms with Gasteiger partial charge >= 0.3 is 0 Å². The van der Waals surface area contributed by atoms with E-state index in [0.717, 1.165) is 12.0 Å². The topological polar surface area (TPSA) is 19.9 Å². The number of benzene rings is 1. The molecule has 0 aliphatic carbocycles. The highest BCUT2D eigenvalue weighted by Crippen LogP contribution is 2.53. The van der Waals surface area contributed by atoms with Crippen LogP contribution in [0.15, 0.2) is 24.3 Å². The summed E-state index contributed by atoms with van der Waals surface area (Å²) in [7, 11) is 0.